The zero-order chi connectivity index (χ0) is 17.6. The highest BCUT2D eigenvalue weighted by Gasteiger charge is 2.39. The number of likely N-dealkylation sites (tertiary alicyclic amines) is 1. The first-order valence-corrected chi connectivity index (χ1v) is 10.1. The fraction of sp³-hybridized carbons (Fsp3) is 0.556. The zero-order valence-electron chi connectivity index (χ0n) is 14.6. The van der Waals surface area contributed by atoms with E-state index in [4.69, 9.17) is 4.52 Å². The van der Waals surface area contributed by atoms with Gasteiger partial charge in [0.2, 0.25) is 5.91 Å². The van der Waals surface area contributed by atoms with Crippen LogP contribution in [0.2, 0.25) is 0 Å². The fourth-order valence-corrected chi connectivity index (χ4v) is 3.96. The molecule has 2 amide bonds. The maximum Gasteiger partial charge on any atom is 0.254 e. The summed E-state index contributed by atoms with van der Waals surface area (Å²) in [5.41, 5.74) is 2.81. The van der Waals surface area contributed by atoms with Crippen LogP contribution in [0.3, 0.4) is 0 Å². The van der Waals surface area contributed by atoms with Gasteiger partial charge < -0.3 is 20.1 Å². The quantitative estimate of drug-likeness (QED) is 0.531. The number of allylic oxidation sites excluding steroid dienone is 3. The Morgan fingerprint density at radius 1 is 1.40 bits per heavy atom. The van der Waals surface area contributed by atoms with Crippen molar-refractivity contribution in [3.05, 3.63) is 35.1 Å². The minimum absolute atomic E-state index is 0.0132. The van der Waals surface area contributed by atoms with Gasteiger partial charge in [-0.2, -0.15) is 0 Å². The molecule has 2 atom stereocenters. The Balaban J connectivity index is 1.64. The normalized spacial score (nSPS) is 23.8. The highest BCUT2D eigenvalue weighted by atomic mass is 31.1. The first-order chi connectivity index (χ1) is 12.2. The SMILES string of the molecule is CCOPCCNC1=CCC=C2C(=O)N(C3CCCNC3=O)CC2=C1. The number of hydrogen-bond donors (Lipinski definition) is 2. The lowest BCUT2D eigenvalue weighted by molar-refractivity contribution is -0.137. The van der Waals surface area contributed by atoms with Crippen LogP contribution < -0.4 is 10.6 Å². The number of amides is 2. The van der Waals surface area contributed by atoms with Crippen LogP contribution >= 0.6 is 8.81 Å². The number of nitrogens with one attached hydrogen (secondary N) is 2. The molecule has 2 unspecified atom stereocenters. The molecule has 2 fully saturated rings. The van der Waals surface area contributed by atoms with E-state index in [9.17, 15) is 9.59 Å². The van der Waals surface area contributed by atoms with Crippen LogP contribution in [0.15, 0.2) is 35.1 Å². The van der Waals surface area contributed by atoms with E-state index in [2.05, 4.69) is 22.8 Å². The number of carbonyl (C=O) groups is 2. The van der Waals surface area contributed by atoms with E-state index in [1.807, 2.05) is 13.0 Å². The molecular formula is C18H26N3O3P. The van der Waals surface area contributed by atoms with Gasteiger partial charge in [-0.15, -0.1) is 0 Å². The summed E-state index contributed by atoms with van der Waals surface area (Å²) in [6, 6.07) is -0.331. The molecule has 25 heavy (non-hydrogen) atoms. The van der Waals surface area contributed by atoms with E-state index in [-0.39, 0.29) is 17.9 Å². The van der Waals surface area contributed by atoms with Crippen LogP contribution in [0.25, 0.3) is 0 Å². The van der Waals surface area contributed by atoms with E-state index in [1.54, 1.807) is 4.90 Å². The van der Waals surface area contributed by atoms with Crippen molar-refractivity contribution < 1.29 is 14.1 Å². The molecule has 2 N–H and O–H groups in total. The smallest absolute Gasteiger partial charge is 0.254 e. The first kappa shape index (κ1) is 18.2. The summed E-state index contributed by atoms with van der Waals surface area (Å²) in [6.07, 6.45) is 9.51. The van der Waals surface area contributed by atoms with Crippen LogP contribution in [-0.2, 0) is 14.1 Å². The summed E-state index contributed by atoms with van der Waals surface area (Å²) >= 11 is 0. The lowest BCUT2D eigenvalue weighted by Gasteiger charge is -2.29. The van der Waals surface area contributed by atoms with Crippen LogP contribution in [-0.4, -0.2) is 55.2 Å². The molecule has 0 aromatic rings. The molecule has 2 heterocycles. The fourth-order valence-electron chi connectivity index (χ4n) is 3.39. The second-order valence-electron chi connectivity index (χ2n) is 6.32. The highest BCUT2D eigenvalue weighted by Crippen LogP contribution is 2.30. The maximum absolute atomic E-state index is 12.8. The third-order valence-corrected chi connectivity index (χ3v) is 5.55. The second-order valence-corrected chi connectivity index (χ2v) is 7.40. The van der Waals surface area contributed by atoms with Crippen molar-refractivity contribution in [1.82, 2.24) is 15.5 Å². The number of rotatable bonds is 7. The average Bonchev–Trinajstić information content (AvgIpc) is 2.79. The molecule has 0 aromatic heterocycles. The number of fused-ring (bicyclic) bond motifs is 1. The van der Waals surface area contributed by atoms with Crippen LogP contribution in [0.5, 0.6) is 0 Å². The average molecular weight is 363 g/mol. The predicted octanol–water partition coefficient (Wildman–Crippen LogP) is 1.47. The number of hydrogen-bond acceptors (Lipinski definition) is 4. The lowest BCUT2D eigenvalue weighted by Crippen LogP contribution is -2.51. The number of nitrogens with zero attached hydrogens (tertiary/aromatic N) is 1. The van der Waals surface area contributed by atoms with Gasteiger partial charge in [0.05, 0.1) is 0 Å². The summed E-state index contributed by atoms with van der Waals surface area (Å²) in [5.74, 6) is -0.0381. The molecule has 0 spiro atoms. The standard InChI is InChI=1S/C18H26N3O3P/c1-2-24-25-10-9-19-14-5-3-6-15-13(11-14)12-21(18(15)23)16-7-4-8-20-17(16)22/h5-6,11,16,19,25H,2-4,7-10,12H2,1H3,(H,20,22). The predicted molar refractivity (Wildman–Crippen MR) is 99.4 cm³/mol. The topological polar surface area (TPSA) is 70.7 Å². The molecule has 0 aromatic carbocycles. The van der Waals surface area contributed by atoms with Gasteiger partial charge in [0.25, 0.3) is 5.91 Å². The van der Waals surface area contributed by atoms with Crippen molar-refractivity contribution in [1.29, 1.82) is 0 Å². The van der Waals surface area contributed by atoms with Gasteiger partial charge in [-0.1, -0.05) is 12.2 Å². The van der Waals surface area contributed by atoms with Crippen molar-refractivity contribution in [2.75, 3.05) is 32.4 Å². The molecule has 0 radical (unpaired) electrons. The van der Waals surface area contributed by atoms with Crippen molar-refractivity contribution in [2.45, 2.75) is 32.2 Å². The summed E-state index contributed by atoms with van der Waals surface area (Å²) in [4.78, 5) is 26.6. The molecule has 0 saturated carbocycles. The van der Waals surface area contributed by atoms with Crippen LogP contribution in [0, 0.1) is 0 Å². The molecule has 0 bridgehead atoms. The Hall–Kier alpha value is -1.65. The third-order valence-electron chi connectivity index (χ3n) is 4.60. The Kier molecular flexibility index (Phi) is 6.27. The molecule has 2 saturated heterocycles. The van der Waals surface area contributed by atoms with Gasteiger partial charge >= 0.3 is 0 Å². The Morgan fingerprint density at radius 2 is 2.28 bits per heavy atom. The van der Waals surface area contributed by atoms with E-state index >= 15 is 0 Å². The summed E-state index contributed by atoms with van der Waals surface area (Å²) in [7, 11) is 0.515. The number of piperidine rings is 1. The molecule has 2 aliphatic heterocycles. The minimum Gasteiger partial charge on any atom is -0.385 e. The van der Waals surface area contributed by atoms with E-state index in [0.29, 0.717) is 21.9 Å². The molecule has 1 aliphatic carbocycles. The van der Waals surface area contributed by atoms with Crippen molar-refractivity contribution in [3.8, 4) is 0 Å². The molecular weight excluding hydrogens is 337 g/mol. The zero-order valence-corrected chi connectivity index (χ0v) is 15.6. The Labute approximate surface area is 150 Å². The first-order valence-electron chi connectivity index (χ1n) is 8.99. The largest absolute Gasteiger partial charge is 0.385 e. The second kappa shape index (κ2) is 8.63. The molecule has 3 rings (SSSR count). The maximum atomic E-state index is 12.8. The van der Waals surface area contributed by atoms with E-state index in [1.165, 1.54) is 0 Å². The Morgan fingerprint density at radius 3 is 3.08 bits per heavy atom. The van der Waals surface area contributed by atoms with E-state index < -0.39 is 0 Å². The van der Waals surface area contributed by atoms with Crippen LogP contribution in [0.1, 0.15) is 26.2 Å². The third kappa shape index (κ3) is 4.31. The van der Waals surface area contributed by atoms with Crippen molar-refractivity contribution in [2.24, 2.45) is 0 Å². The minimum atomic E-state index is -0.331. The highest BCUT2D eigenvalue weighted by molar-refractivity contribution is 7.32. The van der Waals surface area contributed by atoms with Gasteiger partial charge in [0.1, 0.15) is 6.04 Å². The molecule has 6 nitrogen and oxygen atoms in total. The van der Waals surface area contributed by atoms with Gasteiger partial charge in [-0.3, -0.25) is 9.59 Å². The van der Waals surface area contributed by atoms with Gasteiger partial charge in [0.15, 0.2) is 0 Å². The summed E-state index contributed by atoms with van der Waals surface area (Å²) in [5, 5.41) is 6.29. The van der Waals surface area contributed by atoms with Crippen molar-refractivity contribution >= 4 is 20.6 Å². The monoisotopic (exact) mass is 363 g/mol. The molecule has 3 aliphatic rings. The molecule has 136 valence electrons. The lowest BCUT2D eigenvalue weighted by atomic mass is 10.1. The number of carbonyl (C=O) groups excluding carboxylic acids is 2. The summed E-state index contributed by atoms with van der Waals surface area (Å²) < 4.78 is 5.38. The van der Waals surface area contributed by atoms with Crippen molar-refractivity contribution in [3.63, 3.8) is 0 Å². The molecule has 7 heteroatoms. The van der Waals surface area contributed by atoms with Gasteiger partial charge in [-0.05, 0) is 37.8 Å². The summed E-state index contributed by atoms with van der Waals surface area (Å²) in [6.45, 7) is 4.84. The Bertz CT molecular complexity index is 627. The van der Waals surface area contributed by atoms with Gasteiger partial charge in [0, 0.05) is 52.5 Å². The van der Waals surface area contributed by atoms with Gasteiger partial charge in [-0.25, -0.2) is 0 Å². The van der Waals surface area contributed by atoms with E-state index in [0.717, 1.165) is 55.4 Å². The van der Waals surface area contributed by atoms with Crippen LogP contribution in [0.4, 0.5) is 0 Å².